The van der Waals surface area contributed by atoms with Crippen LogP contribution in [0.2, 0.25) is 0 Å². The van der Waals surface area contributed by atoms with Gasteiger partial charge in [-0.3, -0.25) is 4.79 Å². The molecule has 1 fully saturated rings. The van der Waals surface area contributed by atoms with Crippen molar-refractivity contribution in [2.45, 2.75) is 39.5 Å². The third kappa shape index (κ3) is 3.35. The van der Waals surface area contributed by atoms with E-state index in [2.05, 4.69) is 5.32 Å². The van der Waals surface area contributed by atoms with E-state index in [4.69, 9.17) is 5.11 Å². The molecule has 0 saturated heterocycles. The zero-order valence-corrected chi connectivity index (χ0v) is 11.8. The molecule has 3 heteroatoms. The van der Waals surface area contributed by atoms with E-state index < -0.39 is 0 Å². The smallest absolute Gasteiger partial charge is 0.227 e. The molecule has 0 bridgehead atoms. The van der Waals surface area contributed by atoms with Gasteiger partial charge in [0.25, 0.3) is 0 Å². The summed E-state index contributed by atoms with van der Waals surface area (Å²) >= 11 is 0. The van der Waals surface area contributed by atoms with Crippen molar-refractivity contribution in [3.8, 4) is 0 Å². The average Bonchev–Trinajstić information content (AvgIpc) is 2.43. The summed E-state index contributed by atoms with van der Waals surface area (Å²) in [7, 11) is 0. The number of aliphatic hydroxyl groups is 1. The lowest BCUT2D eigenvalue weighted by Crippen LogP contribution is -2.28. The van der Waals surface area contributed by atoms with Gasteiger partial charge in [-0.05, 0) is 56.6 Å². The maximum absolute atomic E-state index is 12.3. The average molecular weight is 261 g/mol. The number of benzene rings is 1. The van der Waals surface area contributed by atoms with Crippen LogP contribution in [-0.4, -0.2) is 17.6 Å². The molecule has 2 rings (SSSR count). The molecule has 1 aromatic rings. The van der Waals surface area contributed by atoms with Crippen LogP contribution in [0.1, 0.15) is 36.8 Å². The first-order valence-corrected chi connectivity index (χ1v) is 7.09. The van der Waals surface area contributed by atoms with Crippen LogP contribution in [0.5, 0.6) is 0 Å². The summed E-state index contributed by atoms with van der Waals surface area (Å²) in [4.78, 5) is 12.3. The van der Waals surface area contributed by atoms with Crippen LogP contribution in [0.25, 0.3) is 0 Å². The topological polar surface area (TPSA) is 49.3 Å². The number of anilines is 1. The predicted molar refractivity (Wildman–Crippen MR) is 77.1 cm³/mol. The molecule has 0 spiro atoms. The Bertz CT molecular complexity index is 428. The molecule has 1 aliphatic carbocycles. The number of carbonyl (C=O) groups is 1. The van der Waals surface area contributed by atoms with E-state index in [1.54, 1.807) is 0 Å². The third-order valence-electron chi connectivity index (χ3n) is 4.21. The number of aryl methyl sites for hydroxylation is 2. The first kappa shape index (κ1) is 14.1. The second-order valence-corrected chi connectivity index (χ2v) is 5.66. The summed E-state index contributed by atoms with van der Waals surface area (Å²) in [5.74, 6) is 0.625. The molecule has 0 aliphatic heterocycles. The molecule has 3 nitrogen and oxygen atoms in total. The number of hydrogen-bond acceptors (Lipinski definition) is 2. The second-order valence-electron chi connectivity index (χ2n) is 5.66. The van der Waals surface area contributed by atoms with Crippen LogP contribution in [-0.2, 0) is 4.79 Å². The minimum atomic E-state index is 0.0989. The summed E-state index contributed by atoms with van der Waals surface area (Å²) in [5.41, 5.74) is 3.17. The Hall–Kier alpha value is -1.35. The summed E-state index contributed by atoms with van der Waals surface area (Å²) in [6.45, 7) is 4.29. The fourth-order valence-electron chi connectivity index (χ4n) is 2.84. The molecular weight excluding hydrogens is 238 g/mol. The highest BCUT2D eigenvalue weighted by Gasteiger charge is 2.26. The number of carbonyl (C=O) groups excluding carboxylic acids is 1. The summed E-state index contributed by atoms with van der Waals surface area (Å²) < 4.78 is 0. The van der Waals surface area contributed by atoms with Gasteiger partial charge >= 0.3 is 0 Å². The minimum absolute atomic E-state index is 0.0989. The molecule has 2 N–H and O–H groups in total. The number of nitrogens with one attached hydrogen (secondary N) is 1. The van der Waals surface area contributed by atoms with E-state index in [0.29, 0.717) is 5.92 Å². The van der Waals surface area contributed by atoms with Crippen molar-refractivity contribution >= 4 is 11.6 Å². The largest absolute Gasteiger partial charge is 0.396 e. The van der Waals surface area contributed by atoms with Gasteiger partial charge in [0.05, 0.1) is 0 Å². The van der Waals surface area contributed by atoms with Crippen LogP contribution in [0.4, 0.5) is 5.69 Å². The van der Waals surface area contributed by atoms with Gasteiger partial charge < -0.3 is 10.4 Å². The number of para-hydroxylation sites is 1. The van der Waals surface area contributed by atoms with E-state index >= 15 is 0 Å². The highest BCUT2D eigenvalue weighted by molar-refractivity contribution is 5.94. The Labute approximate surface area is 115 Å². The highest BCUT2D eigenvalue weighted by atomic mass is 16.3. The number of rotatable bonds is 3. The molecule has 0 aromatic heterocycles. The van der Waals surface area contributed by atoms with Crippen LogP contribution in [0.3, 0.4) is 0 Å². The fourth-order valence-corrected chi connectivity index (χ4v) is 2.84. The Morgan fingerprint density at radius 2 is 1.79 bits per heavy atom. The van der Waals surface area contributed by atoms with E-state index in [0.717, 1.165) is 42.5 Å². The van der Waals surface area contributed by atoms with Crippen LogP contribution in [0.15, 0.2) is 18.2 Å². The van der Waals surface area contributed by atoms with Crippen molar-refractivity contribution in [1.82, 2.24) is 0 Å². The number of amides is 1. The van der Waals surface area contributed by atoms with Gasteiger partial charge in [-0.15, -0.1) is 0 Å². The van der Waals surface area contributed by atoms with Crippen molar-refractivity contribution in [1.29, 1.82) is 0 Å². The first-order valence-electron chi connectivity index (χ1n) is 7.09. The van der Waals surface area contributed by atoms with Gasteiger partial charge in [0.2, 0.25) is 5.91 Å². The standard InChI is InChI=1S/C16H23NO2/c1-11-4-3-5-12(2)15(11)17-16(19)14-8-6-13(10-18)7-9-14/h3-5,13-14,18H,6-10H2,1-2H3,(H,17,19). The fraction of sp³-hybridized carbons (Fsp3) is 0.562. The van der Waals surface area contributed by atoms with Crippen molar-refractivity contribution in [2.24, 2.45) is 11.8 Å². The van der Waals surface area contributed by atoms with Gasteiger partial charge in [0.15, 0.2) is 0 Å². The van der Waals surface area contributed by atoms with E-state index in [1.807, 2.05) is 32.0 Å². The molecule has 104 valence electrons. The minimum Gasteiger partial charge on any atom is -0.396 e. The van der Waals surface area contributed by atoms with Gasteiger partial charge in [-0.2, -0.15) is 0 Å². The van der Waals surface area contributed by atoms with Gasteiger partial charge in [0, 0.05) is 18.2 Å². The lowest BCUT2D eigenvalue weighted by molar-refractivity contribution is -0.121. The molecule has 1 amide bonds. The lowest BCUT2D eigenvalue weighted by Gasteiger charge is -2.26. The van der Waals surface area contributed by atoms with Gasteiger partial charge in [-0.1, -0.05) is 18.2 Å². The Balaban J connectivity index is 1.98. The van der Waals surface area contributed by atoms with E-state index in [9.17, 15) is 4.79 Å². The van der Waals surface area contributed by atoms with Crippen LogP contribution < -0.4 is 5.32 Å². The van der Waals surface area contributed by atoms with Gasteiger partial charge in [-0.25, -0.2) is 0 Å². The third-order valence-corrected chi connectivity index (χ3v) is 4.21. The van der Waals surface area contributed by atoms with Crippen LogP contribution in [0, 0.1) is 25.7 Å². The monoisotopic (exact) mass is 261 g/mol. The summed E-state index contributed by atoms with van der Waals surface area (Å²) in [6, 6.07) is 6.04. The zero-order valence-electron chi connectivity index (χ0n) is 11.8. The molecule has 0 unspecified atom stereocenters. The van der Waals surface area contributed by atoms with E-state index in [1.165, 1.54) is 0 Å². The molecule has 1 aromatic carbocycles. The Morgan fingerprint density at radius 3 is 2.32 bits per heavy atom. The summed E-state index contributed by atoms with van der Waals surface area (Å²) in [6.07, 6.45) is 3.70. The maximum Gasteiger partial charge on any atom is 0.227 e. The molecule has 1 aliphatic rings. The summed E-state index contributed by atoms with van der Waals surface area (Å²) in [5, 5.41) is 12.2. The first-order chi connectivity index (χ1) is 9.11. The van der Waals surface area contributed by atoms with Crippen molar-refractivity contribution in [2.75, 3.05) is 11.9 Å². The Kier molecular flexibility index (Phi) is 4.59. The molecule has 0 heterocycles. The van der Waals surface area contributed by atoms with Crippen LogP contribution >= 0.6 is 0 Å². The number of hydrogen-bond donors (Lipinski definition) is 2. The van der Waals surface area contributed by atoms with Crippen molar-refractivity contribution < 1.29 is 9.90 Å². The molecule has 0 atom stereocenters. The second kappa shape index (κ2) is 6.20. The van der Waals surface area contributed by atoms with Gasteiger partial charge in [0.1, 0.15) is 0 Å². The molecule has 0 radical (unpaired) electrons. The normalized spacial score (nSPS) is 23.1. The van der Waals surface area contributed by atoms with Crippen molar-refractivity contribution in [3.63, 3.8) is 0 Å². The molecule has 1 saturated carbocycles. The highest BCUT2D eigenvalue weighted by Crippen LogP contribution is 2.30. The lowest BCUT2D eigenvalue weighted by atomic mass is 9.82. The zero-order chi connectivity index (χ0) is 13.8. The van der Waals surface area contributed by atoms with E-state index in [-0.39, 0.29) is 18.4 Å². The predicted octanol–water partition coefficient (Wildman–Crippen LogP) is 3.04. The molecular formula is C16H23NO2. The van der Waals surface area contributed by atoms with Crippen molar-refractivity contribution in [3.05, 3.63) is 29.3 Å². The number of aliphatic hydroxyl groups excluding tert-OH is 1. The maximum atomic E-state index is 12.3. The quantitative estimate of drug-likeness (QED) is 0.878. The Morgan fingerprint density at radius 1 is 1.21 bits per heavy atom. The molecule has 19 heavy (non-hydrogen) atoms. The SMILES string of the molecule is Cc1cccc(C)c1NC(=O)C1CCC(CO)CC1.